The minimum Gasteiger partial charge on any atom is -0.381 e. The number of ether oxygens (including phenoxy) is 1. The Labute approximate surface area is 104 Å². The van der Waals surface area contributed by atoms with Gasteiger partial charge in [0, 0.05) is 25.6 Å². The Kier molecular flexibility index (Phi) is 3.66. The van der Waals surface area contributed by atoms with Crippen LogP contribution in [0.5, 0.6) is 0 Å². The molecule has 2 unspecified atom stereocenters. The van der Waals surface area contributed by atoms with Crippen molar-refractivity contribution in [2.45, 2.75) is 25.8 Å². The average molecular weight is 288 g/mol. The van der Waals surface area contributed by atoms with E-state index in [1.165, 1.54) is 5.69 Å². The van der Waals surface area contributed by atoms with E-state index in [1.807, 2.05) is 18.7 Å². The van der Waals surface area contributed by atoms with Gasteiger partial charge in [-0.15, -0.1) is 0 Å². The zero-order valence-electron chi connectivity index (χ0n) is 9.74. The second kappa shape index (κ2) is 4.85. The van der Waals surface area contributed by atoms with Crippen molar-refractivity contribution in [2.24, 2.45) is 18.7 Å². The fourth-order valence-corrected chi connectivity index (χ4v) is 2.67. The van der Waals surface area contributed by atoms with Gasteiger partial charge in [0.1, 0.15) is 0 Å². The van der Waals surface area contributed by atoms with Crippen LogP contribution < -0.4 is 5.73 Å². The molecule has 0 radical (unpaired) electrons. The molecule has 1 aromatic heterocycles. The van der Waals surface area contributed by atoms with Crippen molar-refractivity contribution < 1.29 is 4.74 Å². The number of nitrogens with two attached hydrogens (primary N) is 1. The molecule has 1 aromatic rings. The van der Waals surface area contributed by atoms with Gasteiger partial charge in [-0.25, -0.2) is 0 Å². The molecule has 0 saturated carbocycles. The molecule has 16 heavy (non-hydrogen) atoms. The van der Waals surface area contributed by atoms with Gasteiger partial charge in [0.15, 0.2) is 0 Å². The topological polar surface area (TPSA) is 53.1 Å². The van der Waals surface area contributed by atoms with Crippen molar-refractivity contribution in [3.63, 3.8) is 0 Å². The van der Waals surface area contributed by atoms with E-state index in [2.05, 4.69) is 21.0 Å². The molecule has 2 N–H and O–H groups in total. The first-order valence-electron chi connectivity index (χ1n) is 5.61. The lowest BCUT2D eigenvalue weighted by molar-refractivity contribution is 0.0415. The molecule has 0 bridgehead atoms. The molecule has 5 heteroatoms. The van der Waals surface area contributed by atoms with Crippen molar-refractivity contribution in [3.05, 3.63) is 15.9 Å². The molecule has 1 aliphatic heterocycles. The first-order chi connectivity index (χ1) is 7.59. The minimum atomic E-state index is 0.246. The third-order valence-electron chi connectivity index (χ3n) is 3.25. The molecule has 2 heterocycles. The number of halogens is 1. The molecule has 90 valence electrons. The van der Waals surface area contributed by atoms with Crippen LogP contribution >= 0.6 is 15.9 Å². The van der Waals surface area contributed by atoms with Gasteiger partial charge < -0.3 is 10.5 Å². The summed E-state index contributed by atoms with van der Waals surface area (Å²) in [6.07, 6.45) is 1.89. The Balaban J connectivity index is 2.13. The third-order valence-corrected chi connectivity index (χ3v) is 4.28. The molecule has 2 atom stereocenters. The Morgan fingerprint density at radius 2 is 2.38 bits per heavy atom. The van der Waals surface area contributed by atoms with E-state index in [1.54, 1.807) is 0 Å². The molecule has 4 nitrogen and oxygen atoms in total. The summed E-state index contributed by atoms with van der Waals surface area (Å²) in [5, 5.41) is 4.39. The number of hydrogen-bond acceptors (Lipinski definition) is 3. The second-order valence-corrected chi connectivity index (χ2v) is 5.25. The van der Waals surface area contributed by atoms with E-state index in [-0.39, 0.29) is 6.04 Å². The highest BCUT2D eigenvalue weighted by Gasteiger charge is 2.25. The summed E-state index contributed by atoms with van der Waals surface area (Å²) in [6, 6.07) is 0.246. The predicted molar refractivity (Wildman–Crippen MR) is 66.3 cm³/mol. The summed E-state index contributed by atoms with van der Waals surface area (Å²) in [6.45, 7) is 3.56. The van der Waals surface area contributed by atoms with Crippen LogP contribution in [0, 0.1) is 12.8 Å². The average Bonchev–Trinajstić information content (AvgIpc) is 2.48. The van der Waals surface area contributed by atoms with Crippen molar-refractivity contribution in [3.8, 4) is 0 Å². The molecule has 1 fully saturated rings. The Hall–Kier alpha value is -0.390. The fraction of sp³-hybridized carbons (Fsp3) is 0.727. The summed E-state index contributed by atoms with van der Waals surface area (Å²) >= 11 is 3.58. The maximum Gasteiger partial charge on any atom is 0.0738 e. The summed E-state index contributed by atoms with van der Waals surface area (Å²) in [5.41, 5.74) is 8.35. The lowest BCUT2D eigenvalue weighted by Gasteiger charge is -2.28. The van der Waals surface area contributed by atoms with E-state index in [0.29, 0.717) is 5.92 Å². The van der Waals surface area contributed by atoms with E-state index >= 15 is 0 Å². The maximum absolute atomic E-state index is 6.11. The van der Waals surface area contributed by atoms with Crippen molar-refractivity contribution >= 4 is 15.9 Å². The lowest BCUT2D eigenvalue weighted by atomic mass is 9.92. The molecule has 0 aliphatic carbocycles. The van der Waals surface area contributed by atoms with E-state index in [9.17, 15) is 0 Å². The van der Waals surface area contributed by atoms with Crippen molar-refractivity contribution in [1.82, 2.24) is 9.78 Å². The first kappa shape index (κ1) is 12.1. The van der Waals surface area contributed by atoms with Crippen LogP contribution in [0.3, 0.4) is 0 Å². The summed E-state index contributed by atoms with van der Waals surface area (Å²) in [7, 11) is 1.97. The van der Waals surface area contributed by atoms with Crippen LogP contribution in [0.1, 0.15) is 17.8 Å². The largest absolute Gasteiger partial charge is 0.381 e. The number of nitrogens with zero attached hydrogens (tertiary/aromatic N) is 2. The van der Waals surface area contributed by atoms with Gasteiger partial charge in [-0.1, -0.05) is 0 Å². The smallest absolute Gasteiger partial charge is 0.0738 e. The van der Waals surface area contributed by atoms with Crippen LogP contribution in [0.2, 0.25) is 0 Å². The highest BCUT2D eigenvalue weighted by atomic mass is 79.9. The Morgan fingerprint density at radius 1 is 1.62 bits per heavy atom. The van der Waals surface area contributed by atoms with E-state index in [0.717, 1.165) is 36.2 Å². The van der Waals surface area contributed by atoms with Gasteiger partial charge in [0.2, 0.25) is 0 Å². The van der Waals surface area contributed by atoms with Crippen LogP contribution in [0.15, 0.2) is 4.47 Å². The monoisotopic (exact) mass is 287 g/mol. The Morgan fingerprint density at radius 3 is 2.94 bits per heavy atom. The molecule has 0 amide bonds. The van der Waals surface area contributed by atoms with E-state index < -0.39 is 0 Å². The van der Waals surface area contributed by atoms with Gasteiger partial charge in [0.05, 0.1) is 22.5 Å². The highest BCUT2D eigenvalue weighted by molar-refractivity contribution is 9.10. The van der Waals surface area contributed by atoms with Crippen LogP contribution in [-0.2, 0) is 18.2 Å². The number of aryl methyl sites for hydroxylation is 2. The van der Waals surface area contributed by atoms with E-state index in [4.69, 9.17) is 10.5 Å². The first-order valence-corrected chi connectivity index (χ1v) is 6.40. The fourth-order valence-electron chi connectivity index (χ4n) is 2.17. The zero-order chi connectivity index (χ0) is 11.7. The van der Waals surface area contributed by atoms with Gasteiger partial charge >= 0.3 is 0 Å². The van der Waals surface area contributed by atoms with Gasteiger partial charge in [-0.05, 0) is 35.7 Å². The van der Waals surface area contributed by atoms with Gasteiger partial charge in [0.25, 0.3) is 0 Å². The number of hydrogen-bond donors (Lipinski definition) is 1. The summed E-state index contributed by atoms with van der Waals surface area (Å²) < 4.78 is 8.52. The van der Waals surface area contributed by atoms with Gasteiger partial charge in [-0.2, -0.15) is 5.10 Å². The predicted octanol–water partition coefficient (Wildman–Crippen LogP) is 1.40. The maximum atomic E-state index is 6.11. The molecular formula is C11H18BrN3O. The summed E-state index contributed by atoms with van der Waals surface area (Å²) in [4.78, 5) is 0. The number of aromatic nitrogens is 2. The highest BCUT2D eigenvalue weighted by Crippen LogP contribution is 2.25. The Bertz CT molecular complexity index is 378. The molecule has 2 rings (SSSR count). The summed E-state index contributed by atoms with van der Waals surface area (Å²) in [5.74, 6) is 0.403. The molecule has 1 saturated heterocycles. The van der Waals surface area contributed by atoms with Crippen LogP contribution in [0.4, 0.5) is 0 Å². The van der Waals surface area contributed by atoms with Crippen LogP contribution in [0.25, 0.3) is 0 Å². The molecule has 1 aliphatic rings. The van der Waals surface area contributed by atoms with Gasteiger partial charge in [-0.3, -0.25) is 4.68 Å². The normalized spacial score (nSPS) is 26.0. The van der Waals surface area contributed by atoms with Crippen LogP contribution in [-0.4, -0.2) is 29.0 Å². The number of rotatable bonds is 2. The quantitative estimate of drug-likeness (QED) is 0.895. The third kappa shape index (κ3) is 2.31. The zero-order valence-corrected chi connectivity index (χ0v) is 11.3. The minimum absolute atomic E-state index is 0.246. The molecule has 0 spiro atoms. The van der Waals surface area contributed by atoms with Crippen molar-refractivity contribution in [2.75, 3.05) is 13.2 Å². The molecular weight excluding hydrogens is 270 g/mol. The van der Waals surface area contributed by atoms with Crippen molar-refractivity contribution in [1.29, 1.82) is 0 Å². The standard InChI is InChI=1S/C11H18BrN3O/c1-7-11(12)10(15(2)14-7)5-8-6-16-4-3-9(8)13/h8-9H,3-6,13H2,1-2H3. The lowest BCUT2D eigenvalue weighted by Crippen LogP contribution is -2.40. The SMILES string of the molecule is Cc1nn(C)c(CC2COCCC2N)c1Br. The molecule has 0 aromatic carbocycles. The second-order valence-electron chi connectivity index (χ2n) is 4.46.